The number of sulfonamides is 1. The van der Waals surface area contributed by atoms with Gasteiger partial charge in [-0.15, -0.1) is 0 Å². The second-order valence-electron chi connectivity index (χ2n) is 6.29. The molecule has 146 valence electrons. The molecule has 0 radical (unpaired) electrons. The molecule has 0 aliphatic rings. The summed E-state index contributed by atoms with van der Waals surface area (Å²) in [5, 5.41) is 2.73. The third-order valence-electron chi connectivity index (χ3n) is 3.79. The number of hydrogen-bond acceptors (Lipinski definition) is 5. The molecule has 0 fully saturated rings. The molecular formula is C18H18BrN5O3S. The van der Waals surface area contributed by atoms with Gasteiger partial charge in [-0.05, 0) is 36.8 Å². The molecule has 0 bridgehead atoms. The van der Waals surface area contributed by atoms with Gasteiger partial charge in [-0.3, -0.25) is 14.5 Å². The first-order valence-corrected chi connectivity index (χ1v) is 10.9. The van der Waals surface area contributed by atoms with Gasteiger partial charge in [-0.2, -0.15) is 0 Å². The highest BCUT2D eigenvalue weighted by Crippen LogP contribution is 2.25. The molecule has 8 nitrogen and oxygen atoms in total. The zero-order chi connectivity index (χ0) is 20.5. The number of aromatic nitrogens is 3. The molecule has 2 N–H and O–H groups in total. The maximum Gasteiger partial charge on any atom is 0.275 e. The Morgan fingerprint density at radius 3 is 2.61 bits per heavy atom. The summed E-state index contributed by atoms with van der Waals surface area (Å²) in [7, 11) is -1.64. The summed E-state index contributed by atoms with van der Waals surface area (Å²) in [5.74, 6) is 0.163. The summed E-state index contributed by atoms with van der Waals surface area (Å²) in [6.45, 7) is 1.93. The average Bonchev–Trinajstić information content (AvgIpc) is 2.95. The van der Waals surface area contributed by atoms with E-state index in [2.05, 4.69) is 35.9 Å². The smallest absolute Gasteiger partial charge is 0.275 e. The molecule has 0 aliphatic carbocycles. The van der Waals surface area contributed by atoms with Gasteiger partial charge in [-0.1, -0.05) is 22.0 Å². The van der Waals surface area contributed by atoms with Gasteiger partial charge in [0.2, 0.25) is 10.0 Å². The fourth-order valence-corrected chi connectivity index (χ4v) is 3.68. The van der Waals surface area contributed by atoms with E-state index in [4.69, 9.17) is 0 Å². The van der Waals surface area contributed by atoms with Crippen LogP contribution in [0.1, 0.15) is 16.1 Å². The molecule has 1 aromatic carbocycles. The van der Waals surface area contributed by atoms with Gasteiger partial charge in [0, 0.05) is 29.6 Å². The minimum atomic E-state index is -3.43. The minimum absolute atomic E-state index is 0.222. The molecule has 10 heteroatoms. The van der Waals surface area contributed by atoms with Crippen LogP contribution in [0, 0.1) is 6.92 Å². The van der Waals surface area contributed by atoms with E-state index in [1.807, 2.05) is 19.1 Å². The number of benzene rings is 1. The third kappa shape index (κ3) is 4.76. The Labute approximate surface area is 171 Å². The molecular weight excluding hydrogens is 446 g/mol. The largest absolute Gasteiger partial charge is 0.332 e. The van der Waals surface area contributed by atoms with Crippen LogP contribution in [-0.2, 0) is 17.1 Å². The highest BCUT2D eigenvalue weighted by molar-refractivity contribution is 9.10. The maximum absolute atomic E-state index is 12.6. The number of pyridine rings is 1. The molecule has 0 unspecified atom stereocenters. The van der Waals surface area contributed by atoms with Crippen molar-refractivity contribution < 1.29 is 13.2 Å². The zero-order valence-electron chi connectivity index (χ0n) is 15.4. The van der Waals surface area contributed by atoms with Crippen molar-refractivity contribution in [2.24, 2.45) is 7.05 Å². The number of imidazole rings is 1. The van der Waals surface area contributed by atoms with Crippen LogP contribution in [0.2, 0.25) is 0 Å². The van der Waals surface area contributed by atoms with E-state index in [1.165, 1.54) is 6.07 Å². The third-order valence-corrected chi connectivity index (χ3v) is 4.85. The first kappa shape index (κ1) is 20.0. The van der Waals surface area contributed by atoms with Crippen molar-refractivity contribution in [2.45, 2.75) is 6.92 Å². The Bertz CT molecular complexity index is 1160. The number of nitrogens with zero attached hydrogens (tertiary/aromatic N) is 3. The van der Waals surface area contributed by atoms with E-state index in [1.54, 1.807) is 36.1 Å². The number of halogens is 1. The standard InChI is InChI=1S/C18H18BrN5O3S/c1-11-5-4-6-20-16(11)17-22-15(10-24(17)2)18(25)21-13-7-12(19)8-14(9-13)23-28(3,26)27/h4-10,23H,1-3H3,(H,21,25). The molecule has 0 aliphatic heterocycles. The number of rotatable bonds is 5. The van der Waals surface area contributed by atoms with Crippen LogP contribution in [0.5, 0.6) is 0 Å². The number of anilines is 2. The van der Waals surface area contributed by atoms with Crippen molar-refractivity contribution in [2.75, 3.05) is 16.3 Å². The Morgan fingerprint density at radius 2 is 1.93 bits per heavy atom. The molecule has 2 aromatic heterocycles. The fourth-order valence-electron chi connectivity index (χ4n) is 2.65. The van der Waals surface area contributed by atoms with Crippen molar-refractivity contribution in [3.63, 3.8) is 0 Å². The summed E-state index contributed by atoms with van der Waals surface area (Å²) in [6.07, 6.45) is 4.35. The first-order chi connectivity index (χ1) is 13.1. The topological polar surface area (TPSA) is 106 Å². The van der Waals surface area contributed by atoms with Crippen molar-refractivity contribution in [1.82, 2.24) is 14.5 Å². The maximum atomic E-state index is 12.6. The van der Waals surface area contributed by atoms with Crippen LogP contribution in [0.3, 0.4) is 0 Å². The van der Waals surface area contributed by atoms with Crippen molar-refractivity contribution in [1.29, 1.82) is 0 Å². The molecule has 28 heavy (non-hydrogen) atoms. The van der Waals surface area contributed by atoms with Gasteiger partial charge in [0.1, 0.15) is 11.4 Å². The number of amides is 1. The van der Waals surface area contributed by atoms with E-state index in [0.717, 1.165) is 11.8 Å². The lowest BCUT2D eigenvalue weighted by Crippen LogP contribution is -2.13. The monoisotopic (exact) mass is 463 g/mol. The molecule has 0 spiro atoms. The molecule has 0 saturated carbocycles. The van der Waals surface area contributed by atoms with E-state index in [9.17, 15) is 13.2 Å². The van der Waals surface area contributed by atoms with Crippen molar-refractivity contribution >= 4 is 43.2 Å². The molecule has 0 saturated heterocycles. The summed E-state index contributed by atoms with van der Waals surface area (Å²) >= 11 is 3.31. The second kappa shape index (κ2) is 7.72. The highest BCUT2D eigenvalue weighted by atomic mass is 79.9. The summed E-state index contributed by atoms with van der Waals surface area (Å²) < 4.78 is 27.6. The lowest BCUT2D eigenvalue weighted by atomic mass is 10.2. The predicted octanol–water partition coefficient (Wildman–Crippen LogP) is 3.18. The molecule has 1 amide bonds. The fraction of sp³-hybridized carbons (Fsp3) is 0.167. The molecule has 3 aromatic rings. The SMILES string of the molecule is Cc1cccnc1-c1nc(C(=O)Nc2cc(Br)cc(NS(C)(=O)=O)c2)cn1C. The van der Waals surface area contributed by atoms with E-state index in [0.29, 0.717) is 27.4 Å². The predicted molar refractivity (Wildman–Crippen MR) is 112 cm³/mol. The van der Waals surface area contributed by atoms with Gasteiger partial charge in [0.05, 0.1) is 11.9 Å². The number of carbonyl (C=O) groups is 1. The van der Waals surface area contributed by atoms with Crippen LogP contribution in [0.25, 0.3) is 11.5 Å². The van der Waals surface area contributed by atoms with Gasteiger partial charge in [0.15, 0.2) is 5.82 Å². The average molecular weight is 464 g/mol. The Kier molecular flexibility index (Phi) is 5.52. The summed E-state index contributed by atoms with van der Waals surface area (Å²) in [5.41, 5.74) is 2.63. The van der Waals surface area contributed by atoms with Crippen molar-refractivity contribution in [3.05, 3.63) is 58.5 Å². The van der Waals surface area contributed by atoms with Crippen LogP contribution in [-0.4, -0.2) is 35.1 Å². The Balaban J connectivity index is 1.86. The first-order valence-electron chi connectivity index (χ1n) is 8.17. The summed E-state index contributed by atoms with van der Waals surface area (Å²) in [4.78, 5) is 21.4. The van der Waals surface area contributed by atoms with Gasteiger partial charge < -0.3 is 9.88 Å². The molecule has 0 atom stereocenters. The van der Waals surface area contributed by atoms with Crippen LogP contribution >= 0.6 is 15.9 Å². The second-order valence-corrected chi connectivity index (χ2v) is 8.95. The molecule has 2 heterocycles. The number of nitrogens with one attached hydrogen (secondary N) is 2. The van der Waals surface area contributed by atoms with Crippen LogP contribution in [0.15, 0.2) is 47.2 Å². The number of aryl methyl sites for hydroxylation is 2. The van der Waals surface area contributed by atoms with Gasteiger partial charge >= 0.3 is 0 Å². The van der Waals surface area contributed by atoms with Gasteiger partial charge in [-0.25, -0.2) is 13.4 Å². The lowest BCUT2D eigenvalue weighted by Gasteiger charge is -2.09. The highest BCUT2D eigenvalue weighted by Gasteiger charge is 2.17. The van der Waals surface area contributed by atoms with Gasteiger partial charge in [0.25, 0.3) is 5.91 Å². The van der Waals surface area contributed by atoms with E-state index >= 15 is 0 Å². The normalized spacial score (nSPS) is 11.3. The minimum Gasteiger partial charge on any atom is -0.332 e. The van der Waals surface area contributed by atoms with Crippen LogP contribution in [0.4, 0.5) is 11.4 Å². The number of carbonyl (C=O) groups excluding carboxylic acids is 1. The Morgan fingerprint density at radius 1 is 1.21 bits per heavy atom. The zero-order valence-corrected chi connectivity index (χ0v) is 17.8. The lowest BCUT2D eigenvalue weighted by molar-refractivity contribution is 0.102. The van der Waals surface area contributed by atoms with E-state index in [-0.39, 0.29) is 5.69 Å². The van der Waals surface area contributed by atoms with E-state index < -0.39 is 15.9 Å². The Hall–Kier alpha value is -2.72. The quantitative estimate of drug-likeness (QED) is 0.604. The van der Waals surface area contributed by atoms with Crippen LogP contribution < -0.4 is 10.0 Å². The summed E-state index contributed by atoms with van der Waals surface area (Å²) in [6, 6.07) is 8.55. The van der Waals surface area contributed by atoms with Crippen molar-refractivity contribution in [3.8, 4) is 11.5 Å². The molecule has 3 rings (SSSR count). The number of hydrogen-bond donors (Lipinski definition) is 2.